The van der Waals surface area contributed by atoms with Gasteiger partial charge in [0.1, 0.15) is 5.82 Å². The van der Waals surface area contributed by atoms with Crippen molar-refractivity contribution in [2.75, 3.05) is 6.54 Å². The zero-order valence-corrected chi connectivity index (χ0v) is 19.0. The van der Waals surface area contributed by atoms with E-state index in [-0.39, 0.29) is 23.0 Å². The normalized spacial score (nSPS) is 19.4. The molecule has 4 nitrogen and oxygen atoms in total. The third-order valence-corrected chi connectivity index (χ3v) is 7.66. The van der Waals surface area contributed by atoms with Crippen molar-refractivity contribution in [2.24, 2.45) is 0 Å². The molecule has 0 saturated carbocycles. The first-order valence-electron chi connectivity index (χ1n) is 9.79. The molecule has 0 bridgehead atoms. The summed E-state index contributed by atoms with van der Waals surface area (Å²) in [5.74, 6) is -0.476. The van der Waals surface area contributed by atoms with E-state index in [4.69, 9.17) is 23.2 Å². The lowest BCUT2D eigenvalue weighted by Crippen LogP contribution is -2.66. The molecule has 162 valence electrons. The van der Waals surface area contributed by atoms with Gasteiger partial charge in [-0.1, -0.05) is 47.5 Å². The van der Waals surface area contributed by atoms with Gasteiger partial charge < -0.3 is 0 Å². The molecule has 0 aliphatic carbocycles. The van der Waals surface area contributed by atoms with E-state index in [1.807, 2.05) is 55.5 Å². The summed E-state index contributed by atoms with van der Waals surface area (Å²) in [7, 11) is -3.74. The van der Waals surface area contributed by atoms with Gasteiger partial charge in [0, 0.05) is 22.6 Å². The third-order valence-electron chi connectivity index (χ3n) is 5.65. The van der Waals surface area contributed by atoms with Crippen molar-refractivity contribution in [1.29, 1.82) is 0 Å². The van der Waals surface area contributed by atoms with Crippen LogP contribution >= 0.6 is 23.2 Å². The van der Waals surface area contributed by atoms with E-state index < -0.39 is 15.8 Å². The van der Waals surface area contributed by atoms with Crippen molar-refractivity contribution < 1.29 is 12.8 Å². The van der Waals surface area contributed by atoms with E-state index in [0.717, 1.165) is 23.3 Å². The van der Waals surface area contributed by atoms with Crippen molar-refractivity contribution in [2.45, 2.75) is 29.9 Å². The van der Waals surface area contributed by atoms with Crippen LogP contribution in [0.4, 0.5) is 4.39 Å². The first-order chi connectivity index (χ1) is 14.7. The second-order valence-electron chi connectivity index (χ2n) is 7.62. The summed E-state index contributed by atoms with van der Waals surface area (Å²) in [5, 5.41) is 1.31. The van der Waals surface area contributed by atoms with Crippen LogP contribution in [0.2, 0.25) is 10.0 Å². The van der Waals surface area contributed by atoms with Gasteiger partial charge in [-0.2, -0.15) is 0 Å². The van der Waals surface area contributed by atoms with Gasteiger partial charge in [0.05, 0.1) is 17.0 Å². The highest BCUT2D eigenvalue weighted by atomic mass is 35.5. The molecule has 4 rings (SSSR count). The predicted octanol–water partition coefficient (Wildman–Crippen LogP) is 5.27. The Balaban J connectivity index is 1.56. The average molecular weight is 479 g/mol. The highest BCUT2D eigenvalue weighted by Gasteiger charge is 2.42. The number of nitrogens with one attached hydrogen (secondary N) is 1. The number of benzene rings is 3. The fourth-order valence-electron chi connectivity index (χ4n) is 3.86. The maximum absolute atomic E-state index is 13.2. The van der Waals surface area contributed by atoms with Gasteiger partial charge >= 0.3 is 0 Å². The third kappa shape index (κ3) is 4.78. The van der Waals surface area contributed by atoms with Crippen molar-refractivity contribution in [3.8, 4) is 0 Å². The highest BCUT2D eigenvalue weighted by molar-refractivity contribution is 7.89. The Bertz CT molecular complexity index is 1110. The van der Waals surface area contributed by atoms with E-state index in [9.17, 15) is 12.8 Å². The van der Waals surface area contributed by atoms with E-state index in [1.54, 1.807) is 0 Å². The second-order valence-corrected chi connectivity index (χ2v) is 10.2. The maximum atomic E-state index is 13.2. The van der Waals surface area contributed by atoms with Gasteiger partial charge in [-0.15, -0.1) is 0 Å². The van der Waals surface area contributed by atoms with Crippen LogP contribution in [0.3, 0.4) is 0 Å². The van der Waals surface area contributed by atoms with Crippen LogP contribution in [-0.2, 0) is 10.0 Å². The van der Waals surface area contributed by atoms with Crippen molar-refractivity contribution in [3.63, 3.8) is 0 Å². The number of rotatable bonds is 6. The zero-order valence-electron chi connectivity index (χ0n) is 16.7. The minimum atomic E-state index is -3.74. The Morgan fingerprint density at radius 1 is 0.903 bits per heavy atom. The van der Waals surface area contributed by atoms with E-state index >= 15 is 0 Å². The van der Waals surface area contributed by atoms with Gasteiger partial charge in [-0.25, -0.2) is 17.5 Å². The Labute approximate surface area is 191 Å². The lowest BCUT2D eigenvalue weighted by molar-refractivity contribution is 0.0370. The smallest absolute Gasteiger partial charge is 0.240 e. The Morgan fingerprint density at radius 3 is 1.84 bits per heavy atom. The molecule has 1 aliphatic heterocycles. The number of sulfonamides is 1. The molecule has 0 amide bonds. The topological polar surface area (TPSA) is 49.4 Å². The number of likely N-dealkylation sites (tertiary alicyclic amines) is 1. The molecule has 1 saturated heterocycles. The number of hydrogen-bond acceptors (Lipinski definition) is 3. The lowest BCUT2D eigenvalue weighted by Gasteiger charge is -2.50. The fraction of sp³-hybridized carbons (Fsp3) is 0.217. The number of halogens is 3. The van der Waals surface area contributed by atoms with Crippen LogP contribution in [0.15, 0.2) is 77.7 Å². The average Bonchev–Trinajstić information content (AvgIpc) is 2.75. The van der Waals surface area contributed by atoms with Crippen molar-refractivity contribution >= 4 is 33.2 Å². The molecule has 8 heteroatoms. The monoisotopic (exact) mass is 478 g/mol. The van der Waals surface area contributed by atoms with Gasteiger partial charge in [0.2, 0.25) is 10.0 Å². The summed E-state index contributed by atoms with van der Waals surface area (Å²) in [5.41, 5.74) is 2.11. The molecule has 0 radical (unpaired) electrons. The van der Waals surface area contributed by atoms with E-state index in [2.05, 4.69) is 9.62 Å². The largest absolute Gasteiger partial charge is 0.286 e. The molecule has 2 atom stereocenters. The summed E-state index contributed by atoms with van der Waals surface area (Å²) in [4.78, 5) is 2.27. The van der Waals surface area contributed by atoms with Gasteiger partial charge in [-0.3, -0.25) is 4.90 Å². The molecular formula is C23H21Cl2FN2O2S. The van der Waals surface area contributed by atoms with Crippen LogP contribution in [0.1, 0.15) is 24.1 Å². The molecule has 1 aliphatic rings. The molecule has 1 N–H and O–H groups in total. The molecule has 0 spiro atoms. The Kier molecular flexibility index (Phi) is 6.37. The molecule has 31 heavy (non-hydrogen) atoms. The molecule has 0 aromatic heterocycles. The van der Waals surface area contributed by atoms with Crippen LogP contribution in [0.25, 0.3) is 0 Å². The van der Waals surface area contributed by atoms with E-state index in [0.29, 0.717) is 16.6 Å². The molecule has 3 aromatic rings. The quantitative estimate of drug-likeness (QED) is 0.524. The summed E-state index contributed by atoms with van der Waals surface area (Å²) >= 11 is 12.1. The summed E-state index contributed by atoms with van der Waals surface area (Å²) in [6, 6.07) is 19.7. The molecule has 3 aromatic carbocycles. The van der Waals surface area contributed by atoms with Gasteiger partial charge in [0.15, 0.2) is 0 Å². The SMILES string of the molecule is C[C@@H]1[C@@H](NS(=O)(=O)c2ccc(F)cc2)CN1C(c1ccc(Cl)cc1)c1ccc(Cl)cc1. The molecule has 1 fully saturated rings. The van der Waals surface area contributed by atoms with Crippen LogP contribution < -0.4 is 4.72 Å². The Hall–Kier alpha value is -1.96. The van der Waals surface area contributed by atoms with Gasteiger partial charge in [-0.05, 0) is 66.6 Å². The molecular weight excluding hydrogens is 458 g/mol. The summed E-state index contributed by atoms with van der Waals surface area (Å²) in [6.45, 7) is 2.51. The van der Waals surface area contributed by atoms with Crippen molar-refractivity contribution in [3.05, 3.63) is 99.8 Å². The van der Waals surface area contributed by atoms with Crippen LogP contribution in [-0.4, -0.2) is 31.9 Å². The second kappa shape index (κ2) is 8.88. The first-order valence-corrected chi connectivity index (χ1v) is 12.0. The van der Waals surface area contributed by atoms with Crippen molar-refractivity contribution in [1.82, 2.24) is 9.62 Å². The zero-order chi connectivity index (χ0) is 22.2. The Morgan fingerprint density at radius 2 is 1.39 bits per heavy atom. The van der Waals surface area contributed by atoms with Crippen LogP contribution in [0, 0.1) is 5.82 Å². The first kappa shape index (κ1) is 22.2. The van der Waals surface area contributed by atoms with E-state index in [1.165, 1.54) is 12.1 Å². The highest BCUT2D eigenvalue weighted by Crippen LogP contribution is 2.37. The lowest BCUT2D eigenvalue weighted by atomic mass is 9.89. The predicted molar refractivity (Wildman–Crippen MR) is 121 cm³/mol. The molecule has 0 unspecified atom stereocenters. The number of nitrogens with zero attached hydrogens (tertiary/aromatic N) is 1. The minimum Gasteiger partial charge on any atom is -0.286 e. The standard InChI is InChI=1S/C23H21Cl2FN2O2S/c1-15-22(27-31(29,30)21-12-10-20(26)11-13-21)14-28(15)23(16-2-6-18(24)7-3-16)17-4-8-19(25)9-5-17/h2-13,15,22-23,27H,14H2,1H3/t15-,22+/m1/s1. The van der Waals surface area contributed by atoms with Gasteiger partial charge in [0.25, 0.3) is 0 Å². The number of hydrogen-bond donors (Lipinski definition) is 1. The molecule has 1 heterocycles. The minimum absolute atomic E-state index is 0.0477. The maximum Gasteiger partial charge on any atom is 0.240 e. The summed E-state index contributed by atoms with van der Waals surface area (Å²) < 4.78 is 41.3. The summed E-state index contributed by atoms with van der Waals surface area (Å²) in [6.07, 6.45) is 0. The fourth-order valence-corrected chi connectivity index (χ4v) is 5.41. The van der Waals surface area contributed by atoms with Crippen LogP contribution in [0.5, 0.6) is 0 Å².